The van der Waals surface area contributed by atoms with Gasteiger partial charge in [0.25, 0.3) is 6.73 Å². The average Bonchev–Trinajstić information content (AvgIpc) is 2.34. The number of carbonyl (C=O) groups is 1. The van der Waals surface area contributed by atoms with Gasteiger partial charge < -0.3 is 30.4 Å². The van der Waals surface area contributed by atoms with E-state index in [1.807, 2.05) is 0 Å². The Kier molecular flexibility index (Phi) is 4.93. The van der Waals surface area contributed by atoms with Gasteiger partial charge >= 0.3 is 5.97 Å². The lowest BCUT2D eigenvalue weighted by Gasteiger charge is -2.37. The topological polar surface area (TPSA) is 155 Å². The van der Waals surface area contributed by atoms with Crippen molar-refractivity contribution in [2.45, 2.75) is 30.7 Å². The van der Waals surface area contributed by atoms with E-state index in [1.165, 1.54) is 7.05 Å². The summed E-state index contributed by atoms with van der Waals surface area (Å²) < 4.78 is 9.51. The van der Waals surface area contributed by atoms with Crippen LogP contribution >= 0.6 is 0 Å². The number of hydroxylamine groups is 1. The molecule has 1 saturated heterocycles. The molecule has 1 fully saturated rings. The molecule has 0 spiro atoms. The Morgan fingerprint density at radius 3 is 2.50 bits per heavy atom. The smallest absolute Gasteiger partial charge is 0.335 e. The number of carboxylic acid groups (broad SMARTS) is 1. The van der Waals surface area contributed by atoms with E-state index in [2.05, 4.69) is 5.11 Å². The van der Waals surface area contributed by atoms with Gasteiger partial charge in [0, 0.05) is 0 Å². The monoisotopic (exact) mass is 266 g/mol. The van der Waals surface area contributed by atoms with Crippen LogP contribution in [-0.2, 0) is 14.3 Å². The Morgan fingerprint density at radius 2 is 2.00 bits per heavy atom. The first-order chi connectivity index (χ1) is 8.38. The molecule has 4 N–H and O–H groups in total. The summed E-state index contributed by atoms with van der Waals surface area (Å²) in [6.45, 7) is -0.618. The lowest BCUT2D eigenvalue weighted by Crippen LogP contribution is -2.60. The van der Waals surface area contributed by atoms with Gasteiger partial charge in [-0.3, -0.25) is 4.74 Å². The molecule has 0 amide bonds. The summed E-state index contributed by atoms with van der Waals surface area (Å²) in [5.74, 6) is -1.53. The van der Waals surface area contributed by atoms with Crippen molar-refractivity contribution in [1.29, 1.82) is 0 Å². The number of aliphatic carboxylic acids is 1. The summed E-state index contributed by atoms with van der Waals surface area (Å²) in [5.41, 5.74) is 0. The highest BCUT2D eigenvalue weighted by Crippen LogP contribution is 2.22. The van der Waals surface area contributed by atoms with Crippen LogP contribution in [0.15, 0.2) is 5.11 Å². The molecule has 0 aromatic rings. The molecular weight excluding hydrogens is 252 g/mol. The van der Waals surface area contributed by atoms with E-state index in [4.69, 9.17) is 14.6 Å². The molecular formula is C8H14N2O8. The molecule has 1 rings (SSSR count). The zero-order chi connectivity index (χ0) is 13.9. The minimum absolute atomic E-state index is 0.128. The Morgan fingerprint density at radius 1 is 1.39 bits per heavy atom. The first-order valence-corrected chi connectivity index (χ1v) is 4.97. The zero-order valence-corrected chi connectivity index (χ0v) is 9.41. The quantitative estimate of drug-likeness (QED) is 0.187. The molecule has 104 valence electrons. The Hall–Kier alpha value is -1.33. The highest BCUT2D eigenvalue weighted by atomic mass is 16.7. The van der Waals surface area contributed by atoms with Crippen molar-refractivity contribution in [2.24, 2.45) is 5.11 Å². The lowest BCUT2D eigenvalue weighted by atomic mass is 9.99. The largest absolute Gasteiger partial charge is 0.598 e. The lowest BCUT2D eigenvalue weighted by molar-refractivity contribution is -0.580. The molecule has 10 nitrogen and oxygen atoms in total. The first kappa shape index (κ1) is 14.7. The van der Waals surface area contributed by atoms with E-state index >= 15 is 0 Å². The van der Waals surface area contributed by atoms with Crippen molar-refractivity contribution in [3.8, 4) is 0 Å². The molecule has 10 heteroatoms. The number of carboxylic acids is 1. The second-order valence-electron chi connectivity index (χ2n) is 3.58. The molecule has 18 heavy (non-hydrogen) atoms. The highest BCUT2D eigenvalue weighted by Gasteiger charge is 2.47. The number of aliphatic hydroxyl groups is 3. The number of rotatable bonds is 4. The minimum Gasteiger partial charge on any atom is -0.598 e. The maximum atomic E-state index is 10.8. The fraction of sp³-hybridized carbons (Fsp3) is 0.875. The Labute approximate surface area is 101 Å². The Bertz CT molecular complexity index is 335. The number of ether oxygens (including phenoxy) is 2. The predicted octanol–water partition coefficient (Wildman–Crippen LogP) is -2.55. The van der Waals surface area contributed by atoms with Gasteiger partial charge in [-0.1, -0.05) is 4.86 Å². The molecule has 0 bridgehead atoms. The number of nitrogens with zero attached hydrogens (tertiary/aromatic N) is 2. The van der Waals surface area contributed by atoms with Crippen LogP contribution in [0.4, 0.5) is 0 Å². The third-order valence-electron chi connectivity index (χ3n) is 2.39. The molecule has 0 radical (unpaired) electrons. The molecule has 1 aliphatic rings. The van der Waals surface area contributed by atoms with Crippen molar-refractivity contribution in [1.82, 2.24) is 0 Å². The molecule has 0 saturated carbocycles. The fourth-order valence-corrected chi connectivity index (χ4v) is 1.38. The molecule has 0 aliphatic carbocycles. The van der Waals surface area contributed by atoms with Crippen LogP contribution in [-0.4, -0.2) is 75.7 Å². The molecule has 0 aromatic heterocycles. The van der Waals surface area contributed by atoms with Crippen LogP contribution in [0.25, 0.3) is 0 Å². The highest BCUT2D eigenvalue weighted by molar-refractivity contribution is 5.73. The van der Waals surface area contributed by atoms with Gasteiger partial charge in [-0.25, -0.2) is 4.79 Å². The van der Waals surface area contributed by atoms with E-state index in [0.717, 1.165) is 0 Å². The van der Waals surface area contributed by atoms with Crippen molar-refractivity contribution in [3.05, 3.63) is 5.21 Å². The van der Waals surface area contributed by atoms with Crippen molar-refractivity contribution in [3.63, 3.8) is 0 Å². The summed E-state index contributed by atoms with van der Waals surface area (Å²) in [5, 5.41) is 51.0. The van der Waals surface area contributed by atoms with E-state index in [0.29, 0.717) is 0 Å². The fourth-order valence-electron chi connectivity index (χ4n) is 1.38. The zero-order valence-electron chi connectivity index (χ0n) is 9.41. The van der Waals surface area contributed by atoms with Gasteiger partial charge in [-0.2, -0.15) is 0 Å². The van der Waals surface area contributed by atoms with Crippen LogP contribution in [0.2, 0.25) is 0 Å². The second-order valence-corrected chi connectivity index (χ2v) is 3.58. The van der Waals surface area contributed by atoms with Gasteiger partial charge in [0.1, 0.15) is 18.3 Å². The van der Waals surface area contributed by atoms with Crippen LogP contribution in [0.1, 0.15) is 0 Å². The summed E-state index contributed by atoms with van der Waals surface area (Å²) in [6.07, 6.45) is -8.55. The maximum Gasteiger partial charge on any atom is 0.335 e. The first-order valence-electron chi connectivity index (χ1n) is 4.97. The molecule has 1 heterocycles. The molecule has 1 aliphatic heterocycles. The van der Waals surface area contributed by atoms with E-state index in [9.17, 15) is 25.3 Å². The summed E-state index contributed by atoms with van der Waals surface area (Å²) >= 11 is 0. The van der Waals surface area contributed by atoms with Gasteiger partial charge in [-0.15, -0.1) is 0 Å². The molecule has 0 aromatic carbocycles. The second kappa shape index (κ2) is 6.02. The summed E-state index contributed by atoms with van der Waals surface area (Å²) in [4.78, 5) is 10.9. The number of hydrogen-bond acceptors (Lipinski definition) is 8. The summed E-state index contributed by atoms with van der Waals surface area (Å²) in [7, 11) is 1.20. The number of hydrogen-bond donors (Lipinski definition) is 4. The van der Waals surface area contributed by atoms with Crippen LogP contribution in [0, 0.1) is 5.21 Å². The van der Waals surface area contributed by atoms with Gasteiger partial charge in [0.2, 0.25) is 0 Å². The maximum absolute atomic E-state index is 10.8. The standard InChI is InChI=1S/C8H14N2O8/c1-9-10(16)2-17-8-5(13)3(11)4(12)6(18-8)7(14)15/h3-6,8,11-13H,2H2,1H3,(H,14,15)/t3-,4-,5+,6-,8+/m0/s1. The van der Waals surface area contributed by atoms with Crippen LogP contribution < -0.4 is 0 Å². The van der Waals surface area contributed by atoms with Crippen molar-refractivity contribution in [2.75, 3.05) is 13.8 Å². The molecule has 5 atom stereocenters. The van der Waals surface area contributed by atoms with Crippen LogP contribution in [0.3, 0.4) is 0 Å². The number of azo groups is 1. The normalized spacial score (nSPS) is 37.6. The Balaban J connectivity index is 2.70. The van der Waals surface area contributed by atoms with Crippen LogP contribution in [0.5, 0.6) is 0 Å². The number of aliphatic hydroxyl groups excluding tert-OH is 3. The summed E-state index contributed by atoms with van der Waals surface area (Å²) in [6, 6.07) is 0. The van der Waals surface area contributed by atoms with Gasteiger partial charge in [0.15, 0.2) is 12.4 Å². The van der Waals surface area contributed by atoms with E-state index < -0.39 is 43.4 Å². The predicted molar refractivity (Wildman–Crippen MR) is 52.2 cm³/mol. The van der Waals surface area contributed by atoms with E-state index in [-0.39, 0.29) is 4.86 Å². The third kappa shape index (κ3) is 3.11. The third-order valence-corrected chi connectivity index (χ3v) is 2.39. The van der Waals surface area contributed by atoms with Gasteiger partial charge in [0.05, 0.1) is 7.05 Å². The van der Waals surface area contributed by atoms with E-state index in [1.54, 1.807) is 0 Å². The average molecular weight is 266 g/mol. The van der Waals surface area contributed by atoms with Crippen molar-refractivity contribution >= 4 is 5.97 Å². The molecule has 0 unspecified atom stereocenters. The SMILES string of the molecule is CN=[N+]([O-])CO[C@@H]1O[C@H](C(=O)O)[C@@H](O)[C@H](O)[C@H]1O. The minimum atomic E-state index is -1.79. The van der Waals surface area contributed by atoms with Gasteiger partial charge in [-0.05, 0) is 5.11 Å². The van der Waals surface area contributed by atoms with Crippen molar-refractivity contribution < 1.29 is 39.6 Å².